The Morgan fingerprint density at radius 3 is 3.15 bits per heavy atom. The molecule has 0 radical (unpaired) electrons. The molecule has 13 heavy (non-hydrogen) atoms. The highest BCUT2D eigenvalue weighted by Gasteiger charge is 2.24. The van der Waals surface area contributed by atoms with Crippen LogP contribution in [0.25, 0.3) is 0 Å². The van der Waals surface area contributed by atoms with Crippen molar-refractivity contribution in [1.29, 1.82) is 0 Å². The van der Waals surface area contributed by atoms with Gasteiger partial charge >= 0.3 is 5.97 Å². The first-order valence-corrected chi connectivity index (χ1v) is 4.41. The van der Waals surface area contributed by atoms with Crippen molar-refractivity contribution in [1.82, 2.24) is 4.98 Å². The van der Waals surface area contributed by atoms with Crippen LogP contribution in [0, 0.1) is 0 Å². The first kappa shape index (κ1) is 8.51. The number of aromatic nitrogens is 1. The molecule has 1 aromatic heterocycles. The maximum absolute atomic E-state index is 11.3. The van der Waals surface area contributed by atoms with Gasteiger partial charge in [-0.3, -0.25) is 0 Å². The topological polar surface area (TPSA) is 39.2 Å². The van der Waals surface area contributed by atoms with Gasteiger partial charge in [0.2, 0.25) is 0 Å². The Hall–Kier alpha value is -1.09. The summed E-state index contributed by atoms with van der Waals surface area (Å²) in [6, 6.07) is 3.25. The van der Waals surface area contributed by atoms with E-state index in [1.165, 1.54) is 0 Å². The van der Waals surface area contributed by atoms with Gasteiger partial charge in [0, 0.05) is 6.42 Å². The second-order valence-corrected chi connectivity index (χ2v) is 3.44. The van der Waals surface area contributed by atoms with E-state index in [1.807, 2.05) is 6.92 Å². The molecule has 1 aromatic rings. The number of hydrogen-bond acceptors (Lipinski definition) is 3. The first-order valence-electron chi connectivity index (χ1n) is 4.03. The van der Waals surface area contributed by atoms with E-state index in [4.69, 9.17) is 16.3 Å². The molecule has 0 bridgehead atoms. The summed E-state index contributed by atoms with van der Waals surface area (Å²) in [6.07, 6.45) is 0.535. The molecule has 0 saturated heterocycles. The molecule has 0 amide bonds. The number of carbonyl (C=O) groups excluding carboxylic acids is 1. The summed E-state index contributed by atoms with van der Waals surface area (Å²) in [4.78, 5) is 15.4. The van der Waals surface area contributed by atoms with E-state index >= 15 is 0 Å². The fourth-order valence-electron chi connectivity index (χ4n) is 1.38. The van der Waals surface area contributed by atoms with E-state index in [9.17, 15) is 4.79 Å². The SMILES string of the molecule is C[C@H]1Cc2nc(Cl)ccc2C(=O)O1. The van der Waals surface area contributed by atoms with Crippen molar-refractivity contribution in [2.45, 2.75) is 19.4 Å². The largest absolute Gasteiger partial charge is 0.459 e. The molecule has 4 heteroatoms. The lowest BCUT2D eigenvalue weighted by Crippen LogP contribution is -2.25. The minimum absolute atomic E-state index is 0.106. The number of carbonyl (C=O) groups is 1. The first-order chi connectivity index (χ1) is 6.16. The monoisotopic (exact) mass is 197 g/mol. The summed E-state index contributed by atoms with van der Waals surface area (Å²) in [6.45, 7) is 1.84. The normalized spacial score (nSPS) is 20.8. The summed E-state index contributed by atoms with van der Waals surface area (Å²) in [5, 5.41) is 0.417. The number of halogens is 1. The second kappa shape index (κ2) is 3.00. The quantitative estimate of drug-likeness (QED) is 0.471. The molecule has 1 aliphatic heterocycles. The number of pyridine rings is 1. The lowest BCUT2D eigenvalue weighted by Gasteiger charge is -2.20. The average Bonchev–Trinajstić information content (AvgIpc) is 2.02. The van der Waals surface area contributed by atoms with E-state index in [0.717, 1.165) is 5.69 Å². The summed E-state index contributed by atoms with van der Waals surface area (Å²) in [5.74, 6) is -0.307. The smallest absolute Gasteiger partial charge is 0.340 e. The number of ether oxygens (including phenoxy) is 1. The van der Waals surface area contributed by atoms with Gasteiger partial charge in [0.1, 0.15) is 11.3 Å². The summed E-state index contributed by atoms with van der Waals surface area (Å²) in [7, 11) is 0. The highest BCUT2D eigenvalue weighted by Crippen LogP contribution is 2.20. The number of nitrogens with zero attached hydrogens (tertiary/aromatic N) is 1. The Balaban J connectivity index is 2.49. The van der Waals surface area contributed by atoms with Crippen LogP contribution in [0.5, 0.6) is 0 Å². The van der Waals surface area contributed by atoms with Crippen LogP contribution in [-0.2, 0) is 11.2 Å². The molecule has 68 valence electrons. The minimum atomic E-state index is -0.307. The third-order valence-electron chi connectivity index (χ3n) is 1.95. The van der Waals surface area contributed by atoms with E-state index in [-0.39, 0.29) is 12.1 Å². The van der Waals surface area contributed by atoms with E-state index in [1.54, 1.807) is 12.1 Å². The molecule has 0 fully saturated rings. The zero-order valence-corrected chi connectivity index (χ0v) is 7.84. The maximum atomic E-state index is 11.3. The van der Waals surface area contributed by atoms with Crippen molar-refractivity contribution in [3.05, 3.63) is 28.5 Å². The second-order valence-electron chi connectivity index (χ2n) is 3.05. The van der Waals surface area contributed by atoms with Gasteiger partial charge in [-0.15, -0.1) is 0 Å². The predicted octanol–water partition coefficient (Wildman–Crippen LogP) is 1.84. The van der Waals surface area contributed by atoms with Crippen molar-refractivity contribution >= 4 is 17.6 Å². The van der Waals surface area contributed by atoms with Crippen molar-refractivity contribution in [3.63, 3.8) is 0 Å². The molecule has 0 saturated carbocycles. The summed E-state index contributed by atoms with van der Waals surface area (Å²) < 4.78 is 5.03. The standard InChI is InChI=1S/C9H8ClNO2/c1-5-4-7-6(9(12)13-5)2-3-8(10)11-7/h2-3,5H,4H2,1H3/t5-/m0/s1. The zero-order chi connectivity index (χ0) is 9.42. The highest BCUT2D eigenvalue weighted by molar-refractivity contribution is 6.29. The van der Waals surface area contributed by atoms with Gasteiger partial charge in [-0.05, 0) is 19.1 Å². The zero-order valence-electron chi connectivity index (χ0n) is 7.08. The molecule has 0 unspecified atom stereocenters. The number of esters is 1. The maximum Gasteiger partial charge on any atom is 0.340 e. The van der Waals surface area contributed by atoms with Crippen molar-refractivity contribution in [2.75, 3.05) is 0 Å². The molecule has 0 N–H and O–H groups in total. The van der Waals surface area contributed by atoms with Crippen LogP contribution in [0.15, 0.2) is 12.1 Å². The van der Waals surface area contributed by atoms with Crippen molar-refractivity contribution in [3.8, 4) is 0 Å². The van der Waals surface area contributed by atoms with Crippen LogP contribution in [0.1, 0.15) is 23.0 Å². The Bertz CT molecular complexity index is 365. The van der Waals surface area contributed by atoms with Crippen LogP contribution >= 0.6 is 11.6 Å². The van der Waals surface area contributed by atoms with Gasteiger partial charge in [0.25, 0.3) is 0 Å². The van der Waals surface area contributed by atoms with Crippen LogP contribution in [0.3, 0.4) is 0 Å². The molecule has 2 heterocycles. The van der Waals surface area contributed by atoms with E-state index in [2.05, 4.69) is 4.98 Å². The van der Waals surface area contributed by atoms with Gasteiger partial charge in [0.15, 0.2) is 0 Å². The van der Waals surface area contributed by atoms with Gasteiger partial charge in [-0.2, -0.15) is 0 Å². The Morgan fingerprint density at radius 1 is 1.62 bits per heavy atom. The van der Waals surface area contributed by atoms with E-state index in [0.29, 0.717) is 17.1 Å². The Labute approximate surface area is 80.7 Å². The molecule has 3 nitrogen and oxygen atoms in total. The molecule has 0 aromatic carbocycles. The number of cyclic esters (lactones) is 1. The lowest BCUT2D eigenvalue weighted by atomic mass is 10.1. The third kappa shape index (κ3) is 1.52. The molecule has 0 aliphatic carbocycles. The van der Waals surface area contributed by atoms with Crippen LogP contribution < -0.4 is 0 Å². The van der Waals surface area contributed by atoms with Gasteiger partial charge in [-0.1, -0.05) is 11.6 Å². The van der Waals surface area contributed by atoms with E-state index < -0.39 is 0 Å². The molecule has 1 aliphatic rings. The van der Waals surface area contributed by atoms with Crippen LogP contribution in [0.2, 0.25) is 5.15 Å². The van der Waals surface area contributed by atoms with Crippen LogP contribution in [0.4, 0.5) is 0 Å². The predicted molar refractivity (Wildman–Crippen MR) is 47.8 cm³/mol. The number of fused-ring (bicyclic) bond motifs is 1. The fourth-order valence-corrected chi connectivity index (χ4v) is 1.54. The lowest BCUT2D eigenvalue weighted by molar-refractivity contribution is 0.0297. The van der Waals surface area contributed by atoms with Gasteiger partial charge < -0.3 is 4.74 Å². The molecule has 1 atom stereocenters. The van der Waals surface area contributed by atoms with Gasteiger partial charge in [-0.25, -0.2) is 9.78 Å². The fraction of sp³-hybridized carbons (Fsp3) is 0.333. The number of hydrogen-bond donors (Lipinski definition) is 0. The Morgan fingerprint density at radius 2 is 2.38 bits per heavy atom. The van der Waals surface area contributed by atoms with Crippen molar-refractivity contribution < 1.29 is 9.53 Å². The average molecular weight is 198 g/mol. The molecule has 0 spiro atoms. The van der Waals surface area contributed by atoms with Crippen molar-refractivity contribution in [2.24, 2.45) is 0 Å². The van der Waals surface area contributed by atoms with Crippen LogP contribution in [-0.4, -0.2) is 17.1 Å². The van der Waals surface area contributed by atoms with Gasteiger partial charge in [0.05, 0.1) is 11.3 Å². The highest BCUT2D eigenvalue weighted by atomic mass is 35.5. The summed E-state index contributed by atoms with van der Waals surface area (Å²) >= 11 is 5.71. The molecular weight excluding hydrogens is 190 g/mol. The third-order valence-corrected chi connectivity index (χ3v) is 2.16. The Kier molecular flexibility index (Phi) is 1.96. The summed E-state index contributed by atoms with van der Waals surface area (Å²) in [5.41, 5.74) is 1.26. The number of rotatable bonds is 0. The molecule has 2 rings (SSSR count). The minimum Gasteiger partial charge on any atom is -0.459 e. The molecular formula is C9H8ClNO2.